The van der Waals surface area contributed by atoms with Crippen molar-refractivity contribution in [3.8, 4) is 5.75 Å². The van der Waals surface area contributed by atoms with Gasteiger partial charge < -0.3 is 4.74 Å². The van der Waals surface area contributed by atoms with Gasteiger partial charge in [0.1, 0.15) is 5.75 Å². The zero-order chi connectivity index (χ0) is 14.9. The van der Waals surface area contributed by atoms with Crippen LogP contribution in [0.5, 0.6) is 5.75 Å². The van der Waals surface area contributed by atoms with Crippen molar-refractivity contribution in [3.05, 3.63) is 65.7 Å². The van der Waals surface area contributed by atoms with Crippen LogP contribution < -0.4 is 10.2 Å². The van der Waals surface area contributed by atoms with Crippen LogP contribution in [0, 0.1) is 0 Å². The highest BCUT2D eigenvalue weighted by Crippen LogP contribution is 2.12. The molecule has 21 heavy (non-hydrogen) atoms. The molecule has 108 valence electrons. The van der Waals surface area contributed by atoms with Crippen molar-refractivity contribution in [1.82, 2.24) is 5.43 Å². The summed E-state index contributed by atoms with van der Waals surface area (Å²) in [6, 6.07) is 17.2. The molecule has 0 spiro atoms. The SMILES string of the molecule is CCc1ccc(OCC(=O)N/N=C/c2ccccc2)cc1. The Kier molecular flexibility index (Phi) is 5.52. The predicted molar refractivity (Wildman–Crippen MR) is 83.5 cm³/mol. The highest BCUT2D eigenvalue weighted by Gasteiger charge is 2.01. The Morgan fingerprint density at radius 2 is 1.86 bits per heavy atom. The van der Waals surface area contributed by atoms with Crippen LogP contribution in [0.2, 0.25) is 0 Å². The monoisotopic (exact) mass is 282 g/mol. The lowest BCUT2D eigenvalue weighted by molar-refractivity contribution is -0.123. The van der Waals surface area contributed by atoms with Crippen molar-refractivity contribution >= 4 is 12.1 Å². The number of hydrogen-bond acceptors (Lipinski definition) is 3. The van der Waals surface area contributed by atoms with Crippen LogP contribution in [0.3, 0.4) is 0 Å². The van der Waals surface area contributed by atoms with E-state index in [1.807, 2.05) is 54.6 Å². The van der Waals surface area contributed by atoms with E-state index in [4.69, 9.17) is 4.74 Å². The number of hydrogen-bond donors (Lipinski definition) is 1. The quantitative estimate of drug-likeness (QED) is 0.654. The fourth-order valence-electron chi connectivity index (χ4n) is 1.72. The van der Waals surface area contributed by atoms with Gasteiger partial charge in [-0.25, -0.2) is 5.43 Å². The summed E-state index contributed by atoms with van der Waals surface area (Å²) in [6.07, 6.45) is 2.57. The number of nitrogens with one attached hydrogen (secondary N) is 1. The molecule has 0 heterocycles. The number of carbonyl (C=O) groups excluding carboxylic acids is 1. The number of amides is 1. The first-order valence-corrected chi connectivity index (χ1v) is 6.86. The molecule has 4 nitrogen and oxygen atoms in total. The minimum Gasteiger partial charge on any atom is -0.484 e. The first kappa shape index (κ1) is 14.8. The van der Waals surface area contributed by atoms with Crippen LogP contribution >= 0.6 is 0 Å². The maximum absolute atomic E-state index is 11.6. The van der Waals surface area contributed by atoms with Crippen LogP contribution in [0.25, 0.3) is 0 Å². The molecule has 0 radical (unpaired) electrons. The minimum absolute atomic E-state index is 0.0579. The molecule has 1 amide bonds. The van der Waals surface area contributed by atoms with E-state index >= 15 is 0 Å². The molecule has 0 fully saturated rings. The molecule has 0 saturated heterocycles. The fourth-order valence-corrected chi connectivity index (χ4v) is 1.72. The fraction of sp³-hybridized carbons (Fsp3) is 0.176. The summed E-state index contributed by atoms with van der Waals surface area (Å²) in [5.41, 5.74) is 4.59. The van der Waals surface area contributed by atoms with Crippen molar-refractivity contribution in [1.29, 1.82) is 0 Å². The Bertz CT molecular complexity index is 592. The van der Waals surface area contributed by atoms with Gasteiger partial charge >= 0.3 is 0 Å². The van der Waals surface area contributed by atoms with Gasteiger partial charge in [0.2, 0.25) is 0 Å². The normalized spacial score (nSPS) is 10.5. The number of hydrazone groups is 1. The van der Waals surface area contributed by atoms with Gasteiger partial charge in [0.05, 0.1) is 6.21 Å². The van der Waals surface area contributed by atoms with Crippen molar-refractivity contribution in [3.63, 3.8) is 0 Å². The second-order valence-electron chi connectivity index (χ2n) is 4.49. The third-order valence-corrected chi connectivity index (χ3v) is 2.90. The first-order chi connectivity index (χ1) is 10.3. The summed E-state index contributed by atoms with van der Waals surface area (Å²) in [6.45, 7) is 2.03. The Morgan fingerprint density at radius 1 is 1.14 bits per heavy atom. The van der Waals surface area contributed by atoms with Gasteiger partial charge in [0.15, 0.2) is 6.61 Å². The molecular formula is C17H18N2O2. The van der Waals surface area contributed by atoms with Gasteiger partial charge in [0, 0.05) is 0 Å². The van der Waals surface area contributed by atoms with E-state index in [9.17, 15) is 4.79 Å². The third kappa shape index (κ3) is 5.10. The Labute approximate surface area is 124 Å². The third-order valence-electron chi connectivity index (χ3n) is 2.90. The van der Waals surface area contributed by atoms with Crippen molar-refractivity contribution in [2.45, 2.75) is 13.3 Å². The van der Waals surface area contributed by atoms with E-state index in [1.54, 1.807) is 6.21 Å². The zero-order valence-electron chi connectivity index (χ0n) is 12.0. The minimum atomic E-state index is -0.290. The summed E-state index contributed by atoms with van der Waals surface area (Å²) in [7, 11) is 0. The summed E-state index contributed by atoms with van der Waals surface area (Å²) in [4.78, 5) is 11.6. The highest BCUT2D eigenvalue weighted by atomic mass is 16.5. The van der Waals surface area contributed by atoms with Gasteiger partial charge in [0.25, 0.3) is 5.91 Å². The van der Waals surface area contributed by atoms with E-state index in [-0.39, 0.29) is 12.5 Å². The summed E-state index contributed by atoms with van der Waals surface area (Å²) < 4.78 is 5.38. The zero-order valence-corrected chi connectivity index (χ0v) is 12.0. The van der Waals surface area contributed by atoms with Gasteiger partial charge in [-0.3, -0.25) is 4.79 Å². The Morgan fingerprint density at radius 3 is 2.52 bits per heavy atom. The second kappa shape index (κ2) is 7.85. The van der Waals surface area contributed by atoms with Gasteiger partial charge in [-0.15, -0.1) is 0 Å². The lowest BCUT2D eigenvalue weighted by atomic mass is 10.2. The molecule has 2 aromatic carbocycles. The van der Waals surface area contributed by atoms with E-state index in [2.05, 4.69) is 17.5 Å². The van der Waals surface area contributed by atoms with Crippen LogP contribution in [0.15, 0.2) is 59.7 Å². The first-order valence-electron chi connectivity index (χ1n) is 6.86. The van der Waals surface area contributed by atoms with E-state index in [0.717, 1.165) is 12.0 Å². The number of rotatable bonds is 6. The standard InChI is InChI=1S/C17H18N2O2/c1-2-14-8-10-16(11-9-14)21-13-17(20)19-18-12-15-6-4-3-5-7-15/h3-12H,2,13H2,1H3,(H,19,20)/b18-12+. The number of carbonyl (C=O) groups is 1. The summed E-state index contributed by atoms with van der Waals surface area (Å²) in [5, 5.41) is 3.88. The van der Waals surface area contributed by atoms with Crippen molar-refractivity contribution in [2.24, 2.45) is 5.10 Å². The molecule has 0 aliphatic carbocycles. The molecule has 0 aliphatic heterocycles. The average Bonchev–Trinajstić information content (AvgIpc) is 2.54. The molecule has 1 N–H and O–H groups in total. The number of nitrogens with zero attached hydrogens (tertiary/aromatic N) is 1. The number of benzene rings is 2. The smallest absolute Gasteiger partial charge is 0.277 e. The average molecular weight is 282 g/mol. The maximum Gasteiger partial charge on any atom is 0.277 e. The van der Waals surface area contributed by atoms with Crippen molar-refractivity contribution in [2.75, 3.05) is 6.61 Å². The van der Waals surface area contributed by atoms with E-state index in [1.165, 1.54) is 5.56 Å². The van der Waals surface area contributed by atoms with Crippen molar-refractivity contribution < 1.29 is 9.53 Å². The largest absolute Gasteiger partial charge is 0.484 e. The second-order valence-corrected chi connectivity index (χ2v) is 4.49. The lowest BCUT2D eigenvalue weighted by Gasteiger charge is -2.05. The van der Waals surface area contributed by atoms with Crippen LogP contribution in [-0.4, -0.2) is 18.7 Å². The van der Waals surface area contributed by atoms with Crippen LogP contribution in [0.1, 0.15) is 18.1 Å². The molecule has 0 atom stereocenters. The number of ether oxygens (including phenoxy) is 1. The molecule has 2 rings (SSSR count). The van der Waals surface area contributed by atoms with E-state index in [0.29, 0.717) is 5.75 Å². The summed E-state index contributed by atoms with van der Waals surface area (Å²) in [5.74, 6) is 0.385. The highest BCUT2D eigenvalue weighted by molar-refractivity contribution is 5.82. The molecule has 0 aromatic heterocycles. The molecule has 0 unspecified atom stereocenters. The molecule has 0 aliphatic rings. The van der Waals surface area contributed by atoms with Gasteiger partial charge in [-0.05, 0) is 29.7 Å². The predicted octanol–water partition coefficient (Wildman–Crippen LogP) is 2.78. The number of aryl methyl sites for hydroxylation is 1. The molecule has 0 saturated carbocycles. The topological polar surface area (TPSA) is 50.7 Å². The summed E-state index contributed by atoms with van der Waals surface area (Å²) >= 11 is 0. The lowest BCUT2D eigenvalue weighted by Crippen LogP contribution is -2.24. The van der Waals surface area contributed by atoms with Gasteiger partial charge in [-0.2, -0.15) is 5.10 Å². The maximum atomic E-state index is 11.6. The van der Waals surface area contributed by atoms with E-state index < -0.39 is 0 Å². The Hall–Kier alpha value is -2.62. The Balaban J connectivity index is 1.75. The van der Waals surface area contributed by atoms with Crippen LogP contribution in [-0.2, 0) is 11.2 Å². The van der Waals surface area contributed by atoms with Crippen LogP contribution in [0.4, 0.5) is 0 Å². The molecular weight excluding hydrogens is 264 g/mol. The molecule has 2 aromatic rings. The van der Waals surface area contributed by atoms with Gasteiger partial charge in [-0.1, -0.05) is 49.4 Å². The molecule has 0 bridgehead atoms. The molecule has 4 heteroatoms.